The van der Waals surface area contributed by atoms with Crippen molar-refractivity contribution >= 4 is 0 Å². The Labute approximate surface area is 77.9 Å². The van der Waals surface area contributed by atoms with E-state index in [1.54, 1.807) is 0 Å². The number of rotatable bonds is 5. The number of nitrogens with one attached hydrogen (secondary N) is 1. The lowest BCUT2D eigenvalue weighted by Crippen LogP contribution is -2.39. The highest BCUT2D eigenvalue weighted by atomic mass is 14.9. The quantitative estimate of drug-likeness (QED) is 0.670. The molecule has 1 nitrogen and oxygen atoms in total. The zero-order valence-electron chi connectivity index (χ0n) is 9.52. The minimum atomic E-state index is 0.604. The van der Waals surface area contributed by atoms with Gasteiger partial charge >= 0.3 is 0 Å². The van der Waals surface area contributed by atoms with Gasteiger partial charge in [0.15, 0.2) is 0 Å². The second-order valence-corrected chi connectivity index (χ2v) is 4.43. The standard InChI is InChI=1S/C11H25N/c1-7-11(8(2)3)10(6)12-9(4)5/h8-12H,7H2,1-6H3. The highest BCUT2D eigenvalue weighted by molar-refractivity contribution is 4.75. The lowest BCUT2D eigenvalue weighted by atomic mass is 9.87. The van der Waals surface area contributed by atoms with Crippen molar-refractivity contribution in [1.82, 2.24) is 5.32 Å². The molecule has 0 amide bonds. The van der Waals surface area contributed by atoms with E-state index in [0.717, 1.165) is 11.8 Å². The van der Waals surface area contributed by atoms with Crippen molar-refractivity contribution in [3.8, 4) is 0 Å². The highest BCUT2D eigenvalue weighted by Gasteiger charge is 2.18. The summed E-state index contributed by atoms with van der Waals surface area (Å²) in [4.78, 5) is 0. The van der Waals surface area contributed by atoms with Crippen LogP contribution in [-0.4, -0.2) is 12.1 Å². The van der Waals surface area contributed by atoms with Gasteiger partial charge in [-0.3, -0.25) is 0 Å². The molecule has 2 atom stereocenters. The van der Waals surface area contributed by atoms with Gasteiger partial charge in [0.2, 0.25) is 0 Å². The van der Waals surface area contributed by atoms with Crippen molar-refractivity contribution in [2.75, 3.05) is 0 Å². The Morgan fingerprint density at radius 2 is 1.50 bits per heavy atom. The van der Waals surface area contributed by atoms with Crippen LogP contribution in [0.2, 0.25) is 0 Å². The molecule has 0 bridgehead atoms. The molecule has 1 heteroatoms. The van der Waals surface area contributed by atoms with Gasteiger partial charge in [0.25, 0.3) is 0 Å². The SMILES string of the molecule is CCC(C(C)C)C(C)NC(C)C. The molecule has 0 fully saturated rings. The maximum atomic E-state index is 3.58. The predicted octanol–water partition coefficient (Wildman–Crippen LogP) is 3.06. The molecule has 0 aromatic carbocycles. The second-order valence-electron chi connectivity index (χ2n) is 4.43. The van der Waals surface area contributed by atoms with E-state index in [1.807, 2.05) is 0 Å². The predicted molar refractivity (Wildman–Crippen MR) is 56.4 cm³/mol. The molecule has 12 heavy (non-hydrogen) atoms. The molecule has 0 saturated carbocycles. The molecule has 0 spiro atoms. The molecule has 0 radical (unpaired) electrons. The van der Waals surface area contributed by atoms with Crippen LogP contribution in [0, 0.1) is 11.8 Å². The Kier molecular flexibility index (Phi) is 5.56. The summed E-state index contributed by atoms with van der Waals surface area (Å²) in [5.41, 5.74) is 0. The van der Waals surface area contributed by atoms with E-state index < -0.39 is 0 Å². The summed E-state index contributed by atoms with van der Waals surface area (Å²) in [5, 5.41) is 3.58. The molecule has 74 valence electrons. The molecule has 0 saturated heterocycles. The van der Waals surface area contributed by atoms with E-state index in [9.17, 15) is 0 Å². The summed E-state index contributed by atoms with van der Waals surface area (Å²) in [5.74, 6) is 1.60. The van der Waals surface area contributed by atoms with Crippen molar-refractivity contribution < 1.29 is 0 Å². The van der Waals surface area contributed by atoms with E-state index in [4.69, 9.17) is 0 Å². The largest absolute Gasteiger partial charge is 0.312 e. The Balaban J connectivity index is 3.94. The lowest BCUT2D eigenvalue weighted by Gasteiger charge is -2.28. The van der Waals surface area contributed by atoms with E-state index in [1.165, 1.54) is 6.42 Å². The first-order chi connectivity index (χ1) is 5.49. The van der Waals surface area contributed by atoms with Crippen LogP contribution in [-0.2, 0) is 0 Å². The summed E-state index contributed by atoms with van der Waals surface area (Å²) in [6, 6.07) is 1.25. The van der Waals surface area contributed by atoms with Gasteiger partial charge in [-0.25, -0.2) is 0 Å². The van der Waals surface area contributed by atoms with Crippen LogP contribution in [0.4, 0.5) is 0 Å². The fourth-order valence-electron chi connectivity index (χ4n) is 2.05. The van der Waals surface area contributed by atoms with Gasteiger partial charge in [0.05, 0.1) is 0 Å². The molecule has 0 aliphatic carbocycles. The average Bonchev–Trinajstić information content (AvgIpc) is 1.85. The fourth-order valence-corrected chi connectivity index (χ4v) is 2.05. The lowest BCUT2D eigenvalue weighted by molar-refractivity contribution is 0.270. The van der Waals surface area contributed by atoms with Crippen molar-refractivity contribution in [1.29, 1.82) is 0 Å². The molecule has 0 heterocycles. The first kappa shape index (κ1) is 12.0. The molecule has 1 N–H and O–H groups in total. The summed E-state index contributed by atoms with van der Waals surface area (Å²) in [6.45, 7) is 13.6. The summed E-state index contributed by atoms with van der Waals surface area (Å²) in [6.07, 6.45) is 1.28. The third-order valence-electron chi connectivity index (χ3n) is 2.57. The van der Waals surface area contributed by atoms with Crippen LogP contribution in [0.5, 0.6) is 0 Å². The first-order valence-corrected chi connectivity index (χ1v) is 5.25. The van der Waals surface area contributed by atoms with Gasteiger partial charge in [0.1, 0.15) is 0 Å². The van der Waals surface area contributed by atoms with Crippen molar-refractivity contribution in [3.63, 3.8) is 0 Å². The maximum absolute atomic E-state index is 3.58. The molecule has 2 unspecified atom stereocenters. The molecular formula is C11H25N. The second kappa shape index (κ2) is 5.58. The highest BCUT2D eigenvalue weighted by Crippen LogP contribution is 2.19. The van der Waals surface area contributed by atoms with Crippen molar-refractivity contribution in [2.24, 2.45) is 11.8 Å². The normalized spacial score (nSPS) is 17.0. The zero-order chi connectivity index (χ0) is 9.72. The van der Waals surface area contributed by atoms with E-state index in [2.05, 4.69) is 46.9 Å². The minimum Gasteiger partial charge on any atom is -0.312 e. The van der Waals surface area contributed by atoms with Gasteiger partial charge in [-0.2, -0.15) is 0 Å². The van der Waals surface area contributed by atoms with E-state index in [-0.39, 0.29) is 0 Å². The maximum Gasteiger partial charge on any atom is 0.00716 e. The molecular weight excluding hydrogens is 146 g/mol. The number of hydrogen-bond acceptors (Lipinski definition) is 1. The average molecular weight is 171 g/mol. The van der Waals surface area contributed by atoms with Crippen LogP contribution in [0.3, 0.4) is 0 Å². The fraction of sp³-hybridized carbons (Fsp3) is 1.00. The third kappa shape index (κ3) is 4.10. The molecule has 0 aliphatic heterocycles. The van der Waals surface area contributed by atoms with Gasteiger partial charge in [-0.15, -0.1) is 0 Å². The van der Waals surface area contributed by atoms with Crippen LogP contribution in [0.25, 0.3) is 0 Å². The summed E-state index contributed by atoms with van der Waals surface area (Å²) < 4.78 is 0. The monoisotopic (exact) mass is 171 g/mol. The molecule has 0 aromatic heterocycles. The van der Waals surface area contributed by atoms with E-state index in [0.29, 0.717) is 12.1 Å². The Hall–Kier alpha value is -0.0400. The molecule has 0 aromatic rings. The van der Waals surface area contributed by atoms with Crippen LogP contribution < -0.4 is 5.32 Å². The van der Waals surface area contributed by atoms with Gasteiger partial charge in [-0.1, -0.05) is 41.0 Å². The van der Waals surface area contributed by atoms with Crippen LogP contribution >= 0.6 is 0 Å². The molecule has 0 rings (SSSR count). The Morgan fingerprint density at radius 3 is 1.75 bits per heavy atom. The Bertz CT molecular complexity index is 108. The van der Waals surface area contributed by atoms with Crippen LogP contribution in [0.1, 0.15) is 48.0 Å². The van der Waals surface area contributed by atoms with Crippen LogP contribution in [0.15, 0.2) is 0 Å². The van der Waals surface area contributed by atoms with Crippen molar-refractivity contribution in [2.45, 2.75) is 60.0 Å². The van der Waals surface area contributed by atoms with Crippen molar-refractivity contribution in [3.05, 3.63) is 0 Å². The smallest absolute Gasteiger partial charge is 0.00716 e. The van der Waals surface area contributed by atoms with Gasteiger partial charge < -0.3 is 5.32 Å². The van der Waals surface area contributed by atoms with Gasteiger partial charge in [-0.05, 0) is 18.8 Å². The third-order valence-corrected chi connectivity index (χ3v) is 2.57. The number of hydrogen-bond donors (Lipinski definition) is 1. The topological polar surface area (TPSA) is 12.0 Å². The van der Waals surface area contributed by atoms with E-state index >= 15 is 0 Å². The minimum absolute atomic E-state index is 0.604. The molecule has 0 aliphatic rings. The summed E-state index contributed by atoms with van der Waals surface area (Å²) >= 11 is 0. The summed E-state index contributed by atoms with van der Waals surface area (Å²) in [7, 11) is 0. The first-order valence-electron chi connectivity index (χ1n) is 5.25. The Morgan fingerprint density at radius 1 is 1.00 bits per heavy atom. The van der Waals surface area contributed by atoms with Gasteiger partial charge in [0, 0.05) is 12.1 Å². The zero-order valence-corrected chi connectivity index (χ0v) is 9.52.